The Morgan fingerprint density at radius 3 is 2.31 bits per heavy atom. The molecule has 39 heavy (non-hydrogen) atoms. The van der Waals surface area contributed by atoms with Crippen molar-refractivity contribution in [2.75, 3.05) is 44.3 Å². The quantitative estimate of drug-likeness (QED) is 0.435. The minimum atomic E-state index is -0.442. The number of hydrogen-bond donors (Lipinski definition) is 2. The highest BCUT2D eigenvalue weighted by atomic mass is 35.5. The van der Waals surface area contributed by atoms with Crippen molar-refractivity contribution < 1.29 is 23.9 Å². The monoisotopic (exact) mass is 558 g/mol. The molecule has 1 aromatic heterocycles. The Hall–Kier alpha value is -1.95. The van der Waals surface area contributed by atoms with Crippen molar-refractivity contribution in [1.29, 1.82) is 0 Å². The number of aliphatic hydroxyl groups is 1. The Balaban J connectivity index is 0.000000983. The van der Waals surface area contributed by atoms with Crippen molar-refractivity contribution in [3.63, 3.8) is 0 Å². The normalized spacial score (nSPS) is 31.7. The van der Waals surface area contributed by atoms with E-state index in [4.69, 9.17) is 35.4 Å². The highest BCUT2D eigenvalue weighted by Crippen LogP contribution is 2.58. The van der Waals surface area contributed by atoms with E-state index in [2.05, 4.69) is 62.3 Å². The number of aromatic nitrogens is 1. The van der Waals surface area contributed by atoms with Gasteiger partial charge in [0.05, 0.1) is 46.8 Å². The summed E-state index contributed by atoms with van der Waals surface area (Å²) in [5.41, 5.74) is 5.41. The zero-order valence-electron chi connectivity index (χ0n) is 23.5. The zero-order chi connectivity index (χ0) is 28.2. The molecule has 1 aromatic carbocycles. The van der Waals surface area contributed by atoms with Crippen molar-refractivity contribution in [1.82, 2.24) is 9.88 Å². The molecule has 0 bridgehead atoms. The Bertz CT molecular complexity index is 1210. The van der Waals surface area contributed by atoms with Crippen LogP contribution in [-0.4, -0.2) is 90.8 Å². The van der Waals surface area contributed by atoms with Gasteiger partial charge in [-0.15, -0.1) is 0 Å². The van der Waals surface area contributed by atoms with Gasteiger partial charge >= 0.3 is 7.12 Å². The van der Waals surface area contributed by atoms with Gasteiger partial charge in [-0.25, -0.2) is 0 Å². The number of aliphatic hydroxyl groups excluding tert-OH is 1. The van der Waals surface area contributed by atoms with E-state index in [1.54, 1.807) is 0 Å². The molecular formula is C28H40BClN4O5. The number of benzene rings is 1. The van der Waals surface area contributed by atoms with Crippen molar-refractivity contribution in [3.8, 4) is 0 Å². The number of nitrogens with two attached hydrogens (primary N) is 1. The number of anilines is 1. The number of piperazine rings is 1. The third-order valence-electron chi connectivity index (χ3n) is 9.38. The molecule has 212 valence electrons. The fourth-order valence-electron chi connectivity index (χ4n) is 5.95. The Morgan fingerprint density at radius 1 is 1.08 bits per heavy atom. The van der Waals surface area contributed by atoms with Crippen LogP contribution in [0.3, 0.4) is 0 Å². The highest BCUT2D eigenvalue weighted by Gasteiger charge is 2.60. The molecule has 4 fully saturated rings. The minimum absolute atomic E-state index is 0.180. The van der Waals surface area contributed by atoms with Crippen molar-refractivity contribution in [2.45, 2.75) is 75.6 Å². The number of carbonyl (C=O) groups excluding carboxylic acids is 1. The third kappa shape index (κ3) is 5.27. The molecule has 6 rings (SSSR count). The van der Waals surface area contributed by atoms with E-state index < -0.39 is 6.10 Å². The van der Waals surface area contributed by atoms with Crippen LogP contribution in [0.1, 0.15) is 52.7 Å². The smallest absolute Gasteiger partial charge is 0.403 e. The van der Waals surface area contributed by atoms with Gasteiger partial charge in [0.15, 0.2) is 0 Å². The maximum Gasteiger partial charge on any atom is 0.461 e. The summed E-state index contributed by atoms with van der Waals surface area (Å²) in [5, 5.41) is 13.4. The van der Waals surface area contributed by atoms with Crippen molar-refractivity contribution in [3.05, 3.63) is 35.1 Å². The molecule has 2 aromatic rings. The molecule has 4 atom stereocenters. The molecular weight excluding hydrogens is 519 g/mol. The van der Waals surface area contributed by atoms with Crippen LogP contribution in [0.4, 0.5) is 5.69 Å². The van der Waals surface area contributed by atoms with Gasteiger partial charge in [-0.1, -0.05) is 11.6 Å². The first-order valence-electron chi connectivity index (χ1n) is 13.8. The number of carbonyl (C=O) groups is 1. The van der Waals surface area contributed by atoms with Crippen molar-refractivity contribution >= 4 is 41.6 Å². The molecule has 1 aliphatic carbocycles. The van der Waals surface area contributed by atoms with Gasteiger partial charge in [0.25, 0.3) is 0 Å². The Labute approximate surface area is 236 Å². The summed E-state index contributed by atoms with van der Waals surface area (Å²) in [6.45, 7) is 15.0. The van der Waals surface area contributed by atoms with Crippen LogP contribution < -0.4 is 10.6 Å². The average molecular weight is 559 g/mol. The number of pyridine rings is 1. The molecule has 3 aliphatic heterocycles. The molecule has 4 unspecified atom stereocenters. The van der Waals surface area contributed by atoms with Gasteiger partial charge in [0.1, 0.15) is 0 Å². The van der Waals surface area contributed by atoms with E-state index in [-0.39, 0.29) is 30.3 Å². The first kappa shape index (κ1) is 28.6. The third-order valence-corrected chi connectivity index (χ3v) is 9.68. The van der Waals surface area contributed by atoms with E-state index in [9.17, 15) is 5.11 Å². The predicted molar refractivity (Wildman–Crippen MR) is 153 cm³/mol. The van der Waals surface area contributed by atoms with E-state index in [1.165, 1.54) is 0 Å². The summed E-state index contributed by atoms with van der Waals surface area (Å²) in [5.74, 6) is 0.694. The van der Waals surface area contributed by atoms with Crippen LogP contribution in [0.5, 0.6) is 0 Å². The second-order valence-corrected chi connectivity index (χ2v) is 12.8. The summed E-state index contributed by atoms with van der Waals surface area (Å²) in [7, 11) is -0.180. The van der Waals surface area contributed by atoms with E-state index in [0.717, 1.165) is 59.8 Å². The Kier molecular flexibility index (Phi) is 7.67. The van der Waals surface area contributed by atoms with E-state index >= 15 is 0 Å². The second-order valence-electron chi connectivity index (χ2n) is 12.4. The SMILES string of the molecule is CC1(N2CCN(c3cc4cc(C5CC5B5OC(C)(C)C(C)(C)O5)ncc4cc3Cl)CC2)COCC1O.NC=O. The lowest BCUT2D eigenvalue weighted by atomic mass is 9.80. The maximum atomic E-state index is 10.4. The van der Waals surface area contributed by atoms with Crippen LogP contribution >= 0.6 is 11.6 Å². The predicted octanol–water partition coefficient (Wildman–Crippen LogP) is 3.21. The summed E-state index contributed by atoms with van der Waals surface area (Å²) in [6, 6.07) is 6.46. The van der Waals surface area contributed by atoms with E-state index in [0.29, 0.717) is 24.9 Å². The average Bonchev–Trinajstić information content (AvgIpc) is 3.56. The van der Waals surface area contributed by atoms with Gasteiger partial charge in [-0.05, 0) is 64.6 Å². The van der Waals surface area contributed by atoms with Gasteiger partial charge in [-0.3, -0.25) is 14.7 Å². The molecule has 3 N–H and O–H groups in total. The van der Waals surface area contributed by atoms with Gasteiger partial charge in [0, 0.05) is 55.2 Å². The summed E-state index contributed by atoms with van der Waals surface area (Å²) >= 11 is 6.75. The number of primary amides is 1. The summed E-state index contributed by atoms with van der Waals surface area (Å²) in [4.78, 5) is 18.1. The standard InChI is InChI=1S/C27H37BClN3O4.CH3NO/c1-25(2)26(3,4)36-28(35-25)20-13-19(20)22-11-17-12-23(21(29)10-18(17)14-30-22)31-6-8-32(9-7-31)27(5)16-34-15-24(27)33;2-1-3/h10-12,14,19-20,24,33H,6-9,13,15-16H2,1-5H3;1H,(H2,2,3). The number of nitrogens with zero attached hydrogens (tertiary/aromatic N) is 3. The lowest BCUT2D eigenvalue weighted by Gasteiger charge is -2.45. The molecule has 1 saturated carbocycles. The van der Waals surface area contributed by atoms with Crippen LogP contribution in [0.2, 0.25) is 10.8 Å². The number of rotatable bonds is 4. The zero-order valence-corrected chi connectivity index (χ0v) is 24.3. The molecule has 3 saturated heterocycles. The van der Waals surface area contributed by atoms with Crippen LogP contribution in [0.15, 0.2) is 24.4 Å². The molecule has 4 aliphatic rings. The number of amides is 1. The van der Waals surface area contributed by atoms with Crippen LogP contribution in [0.25, 0.3) is 10.8 Å². The number of hydrogen-bond acceptors (Lipinski definition) is 8. The highest BCUT2D eigenvalue weighted by molar-refractivity contribution is 6.49. The first-order chi connectivity index (χ1) is 18.4. The fourth-order valence-corrected chi connectivity index (χ4v) is 6.24. The molecule has 9 nitrogen and oxygen atoms in total. The summed E-state index contributed by atoms with van der Waals surface area (Å²) in [6.07, 6.45) is 2.79. The second kappa shape index (κ2) is 10.5. The first-order valence-corrected chi connectivity index (χ1v) is 14.1. The largest absolute Gasteiger partial charge is 0.461 e. The molecule has 0 spiro atoms. The minimum Gasteiger partial charge on any atom is -0.403 e. The van der Waals surface area contributed by atoms with Crippen LogP contribution in [-0.2, 0) is 18.8 Å². The summed E-state index contributed by atoms with van der Waals surface area (Å²) < 4.78 is 18.2. The topological polar surface area (TPSA) is 110 Å². The Morgan fingerprint density at radius 2 is 1.72 bits per heavy atom. The van der Waals surface area contributed by atoms with E-state index in [1.807, 2.05) is 12.3 Å². The van der Waals surface area contributed by atoms with Gasteiger partial charge in [-0.2, -0.15) is 0 Å². The lowest BCUT2D eigenvalue weighted by molar-refractivity contribution is -0.106. The molecule has 1 amide bonds. The van der Waals surface area contributed by atoms with Gasteiger partial charge < -0.3 is 29.8 Å². The molecule has 0 radical (unpaired) electrons. The number of fused-ring (bicyclic) bond motifs is 1. The maximum absolute atomic E-state index is 10.4. The van der Waals surface area contributed by atoms with Crippen molar-refractivity contribution in [2.24, 2.45) is 5.73 Å². The number of ether oxygens (including phenoxy) is 1. The molecule has 4 heterocycles. The number of halogens is 1. The van der Waals surface area contributed by atoms with Crippen LogP contribution in [0, 0.1) is 0 Å². The molecule has 11 heteroatoms. The fraction of sp³-hybridized carbons (Fsp3) is 0.643. The lowest BCUT2D eigenvalue weighted by Crippen LogP contribution is -2.60. The van der Waals surface area contributed by atoms with Gasteiger partial charge in [0.2, 0.25) is 6.41 Å².